The van der Waals surface area contributed by atoms with Gasteiger partial charge in [0.25, 0.3) is 5.91 Å². The molecule has 0 saturated heterocycles. The number of fused-ring (bicyclic) bond motifs is 1. The Bertz CT molecular complexity index is 823. The minimum Gasteiger partial charge on any atom is -0.466 e. The molecular formula is C18H21N3O5S. The van der Waals surface area contributed by atoms with Crippen LogP contribution in [0.5, 0.6) is 11.5 Å². The van der Waals surface area contributed by atoms with Gasteiger partial charge in [-0.05, 0) is 26.0 Å². The zero-order valence-corrected chi connectivity index (χ0v) is 16.0. The largest absolute Gasteiger partial charge is 0.466 e. The van der Waals surface area contributed by atoms with Gasteiger partial charge in [0.05, 0.1) is 13.0 Å². The molecule has 1 aromatic heterocycles. The molecule has 0 saturated carbocycles. The Hall–Kier alpha value is -2.81. The Labute approximate surface area is 161 Å². The van der Waals surface area contributed by atoms with E-state index in [4.69, 9.17) is 14.2 Å². The number of nitrogens with zero attached hydrogens (tertiary/aromatic N) is 2. The summed E-state index contributed by atoms with van der Waals surface area (Å²) in [6.07, 6.45) is 0.167. The second-order valence-corrected chi connectivity index (χ2v) is 6.53. The summed E-state index contributed by atoms with van der Waals surface area (Å²) >= 11 is 1.33. The van der Waals surface area contributed by atoms with Crippen molar-refractivity contribution >= 4 is 34.0 Å². The van der Waals surface area contributed by atoms with Gasteiger partial charge in [-0.2, -0.15) is 0 Å². The first-order valence-corrected chi connectivity index (χ1v) is 9.55. The SMILES string of the molecule is CCOC(=O)CCN(CC)C(=O)c1csc(Nc2ccc3c(c2)OCO3)n1. The summed E-state index contributed by atoms with van der Waals surface area (Å²) in [6.45, 7) is 4.95. The monoisotopic (exact) mass is 391 g/mol. The van der Waals surface area contributed by atoms with E-state index in [2.05, 4.69) is 10.3 Å². The molecule has 3 rings (SSSR count). The molecule has 144 valence electrons. The summed E-state index contributed by atoms with van der Waals surface area (Å²) in [6, 6.07) is 5.50. The molecule has 9 heteroatoms. The van der Waals surface area contributed by atoms with Gasteiger partial charge in [0.15, 0.2) is 16.6 Å². The van der Waals surface area contributed by atoms with Crippen LogP contribution in [0.1, 0.15) is 30.8 Å². The number of anilines is 2. The van der Waals surface area contributed by atoms with Crippen LogP contribution in [0.3, 0.4) is 0 Å². The van der Waals surface area contributed by atoms with Crippen molar-refractivity contribution in [1.29, 1.82) is 0 Å². The van der Waals surface area contributed by atoms with Gasteiger partial charge in [-0.15, -0.1) is 11.3 Å². The predicted molar refractivity (Wildman–Crippen MR) is 101 cm³/mol. The molecule has 1 amide bonds. The van der Waals surface area contributed by atoms with Gasteiger partial charge in [0, 0.05) is 30.2 Å². The molecule has 0 aliphatic carbocycles. The van der Waals surface area contributed by atoms with Crippen LogP contribution in [-0.4, -0.2) is 48.2 Å². The molecule has 0 bridgehead atoms. The fraction of sp³-hybridized carbons (Fsp3) is 0.389. The van der Waals surface area contributed by atoms with Gasteiger partial charge in [0.1, 0.15) is 5.69 Å². The van der Waals surface area contributed by atoms with Crippen LogP contribution in [0.4, 0.5) is 10.8 Å². The highest BCUT2D eigenvalue weighted by atomic mass is 32.1. The maximum absolute atomic E-state index is 12.6. The molecule has 1 aromatic carbocycles. The van der Waals surface area contributed by atoms with Crippen molar-refractivity contribution < 1.29 is 23.8 Å². The second kappa shape index (κ2) is 8.72. The number of ether oxygens (including phenoxy) is 3. The Morgan fingerprint density at radius 1 is 1.30 bits per heavy atom. The lowest BCUT2D eigenvalue weighted by atomic mass is 10.3. The van der Waals surface area contributed by atoms with Crippen LogP contribution < -0.4 is 14.8 Å². The van der Waals surface area contributed by atoms with Gasteiger partial charge >= 0.3 is 5.97 Å². The Kier molecular flexibility index (Phi) is 6.12. The Morgan fingerprint density at radius 3 is 2.89 bits per heavy atom. The summed E-state index contributed by atoms with van der Waals surface area (Å²) in [5.41, 5.74) is 1.14. The van der Waals surface area contributed by atoms with Crippen molar-refractivity contribution in [2.45, 2.75) is 20.3 Å². The van der Waals surface area contributed by atoms with Crippen molar-refractivity contribution in [2.75, 3.05) is 31.8 Å². The first-order chi connectivity index (χ1) is 13.1. The zero-order valence-electron chi connectivity index (χ0n) is 15.2. The zero-order chi connectivity index (χ0) is 19.2. The first-order valence-electron chi connectivity index (χ1n) is 8.67. The maximum Gasteiger partial charge on any atom is 0.307 e. The summed E-state index contributed by atoms with van der Waals surface area (Å²) in [5.74, 6) is 0.851. The van der Waals surface area contributed by atoms with Gasteiger partial charge in [0.2, 0.25) is 6.79 Å². The van der Waals surface area contributed by atoms with Crippen LogP contribution in [-0.2, 0) is 9.53 Å². The minimum absolute atomic E-state index is 0.167. The van der Waals surface area contributed by atoms with E-state index in [0.717, 1.165) is 5.69 Å². The quantitative estimate of drug-likeness (QED) is 0.692. The summed E-state index contributed by atoms with van der Waals surface area (Å²) in [5, 5.41) is 5.45. The van der Waals surface area contributed by atoms with E-state index in [1.54, 1.807) is 17.2 Å². The molecule has 8 nitrogen and oxygen atoms in total. The standard InChI is InChI=1S/C18H21N3O5S/c1-3-21(8-7-16(22)24-4-2)17(23)13-10-27-18(20-13)19-12-5-6-14-15(9-12)26-11-25-14/h5-6,9-10H,3-4,7-8,11H2,1-2H3,(H,19,20). The summed E-state index contributed by atoms with van der Waals surface area (Å²) in [7, 11) is 0. The van der Waals surface area contributed by atoms with E-state index in [0.29, 0.717) is 42.0 Å². The number of carbonyl (C=O) groups is 2. The van der Waals surface area contributed by atoms with Crippen LogP contribution in [0.25, 0.3) is 0 Å². The molecular weight excluding hydrogens is 370 g/mol. The fourth-order valence-corrected chi connectivity index (χ4v) is 3.26. The molecule has 1 N–H and O–H groups in total. The van der Waals surface area contributed by atoms with Gasteiger partial charge in [-0.25, -0.2) is 4.98 Å². The highest BCUT2D eigenvalue weighted by molar-refractivity contribution is 7.14. The molecule has 27 heavy (non-hydrogen) atoms. The molecule has 0 unspecified atom stereocenters. The molecule has 0 radical (unpaired) electrons. The maximum atomic E-state index is 12.6. The lowest BCUT2D eigenvalue weighted by Gasteiger charge is -2.19. The molecule has 0 atom stereocenters. The molecule has 2 aromatic rings. The van der Waals surface area contributed by atoms with Crippen LogP contribution in [0, 0.1) is 0 Å². The highest BCUT2D eigenvalue weighted by Crippen LogP contribution is 2.35. The molecule has 1 aliphatic rings. The second-order valence-electron chi connectivity index (χ2n) is 5.67. The van der Waals surface area contributed by atoms with Gasteiger partial charge in [-0.1, -0.05) is 0 Å². The third kappa shape index (κ3) is 4.68. The van der Waals surface area contributed by atoms with Crippen molar-refractivity contribution in [3.63, 3.8) is 0 Å². The first kappa shape index (κ1) is 19.0. The van der Waals surface area contributed by atoms with Crippen molar-refractivity contribution in [3.05, 3.63) is 29.3 Å². The van der Waals surface area contributed by atoms with E-state index in [9.17, 15) is 9.59 Å². The minimum atomic E-state index is -0.313. The van der Waals surface area contributed by atoms with Crippen molar-refractivity contribution in [2.24, 2.45) is 0 Å². The normalized spacial score (nSPS) is 11.9. The highest BCUT2D eigenvalue weighted by Gasteiger charge is 2.19. The average Bonchev–Trinajstić information content (AvgIpc) is 3.31. The van der Waals surface area contributed by atoms with E-state index in [1.165, 1.54) is 11.3 Å². The van der Waals surface area contributed by atoms with Crippen molar-refractivity contribution in [1.82, 2.24) is 9.88 Å². The van der Waals surface area contributed by atoms with Gasteiger partial charge in [-0.3, -0.25) is 9.59 Å². The number of thiazole rings is 1. The summed E-state index contributed by atoms with van der Waals surface area (Å²) < 4.78 is 15.5. The number of benzene rings is 1. The van der Waals surface area contributed by atoms with E-state index in [-0.39, 0.29) is 25.1 Å². The number of amides is 1. The summed E-state index contributed by atoms with van der Waals surface area (Å²) in [4.78, 5) is 30.1. The number of esters is 1. The molecule has 0 spiro atoms. The van der Waals surface area contributed by atoms with Crippen LogP contribution in [0.15, 0.2) is 23.6 Å². The predicted octanol–water partition coefficient (Wildman–Crippen LogP) is 3.03. The van der Waals surface area contributed by atoms with E-state index < -0.39 is 0 Å². The topological polar surface area (TPSA) is 90.0 Å². The third-order valence-corrected chi connectivity index (χ3v) is 4.66. The van der Waals surface area contributed by atoms with Crippen molar-refractivity contribution in [3.8, 4) is 11.5 Å². The Morgan fingerprint density at radius 2 is 2.11 bits per heavy atom. The van der Waals surface area contributed by atoms with Crippen LogP contribution in [0.2, 0.25) is 0 Å². The van der Waals surface area contributed by atoms with E-state index >= 15 is 0 Å². The van der Waals surface area contributed by atoms with Gasteiger partial charge < -0.3 is 24.4 Å². The third-order valence-electron chi connectivity index (χ3n) is 3.91. The number of rotatable bonds is 8. The fourth-order valence-electron chi connectivity index (χ4n) is 2.55. The number of nitrogens with one attached hydrogen (secondary N) is 1. The number of carbonyl (C=O) groups excluding carboxylic acids is 2. The lowest BCUT2D eigenvalue weighted by molar-refractivity contribution is -0.143. The molecule has 0 fully saturated rings. The number of hydrogen-bond acceptors (Lipinski definition) is 8. The van der Waals surface area contributed by atoms with Crippen LogP contribution >= 0.6 is 11.3 Å². The average molecular weight is 391 g/mol. The smallest absolute Gasteiger partial charge is 0.307 e. The van der Waals surface area contributed by atoms with E-state index in [1.807, 2.05) is 25.1 Å². The number of hydrogen-bond donors (Lipinski definition) is 1. The molecule has 1 aliphatic heterocycles. The lowest BCUT2D eigenvalue weighted by Crippen LogP contribution is -2.33. The number of aromatic nitrogens is 1. The molecule has 2 heterocycles. The Balaban J connectivity index is 1.61.